The zero-order valence-electron chi connectivity index (χ0n) is 9.39. The molecule has 2 aromatic rings. The van der Waals surface area contributed by atoms with Gasteiger partial charge in [0.1, 0.15) is 0 Å². The summed E-state index contributed by atoms with van der Waals surface area (Å²) in [6.07, 6.45) is 0. The van der Waals surface area contributed by atoms with Crippen LogP contribution < -0.4 is 0 Å². The van der Waals surface area contributed by atoms with Gasteiger partial charge in [-0.1, -0.05) is 92.5 Å². The minimum Gasteiger partial charge on any atom is -0.0916 e. The fraction of sp³-hybridized carbons (Fsp3) is 0.200. The monoisotopic (exact) mass is 352 g/mol. The van der Waals surface area contributed by atoms with Crippen LogP contribution in [-0.2, 0) is 0 Å². The van der Waals surface area contributed by atoms with E-state index in [9.17, 15) is 0 Å². The molecule has 0 spiro atoms. The lowest BCUT2D eigenvalue weighted by Crippen LogP contribution is -2.15. The molecule has 0 aliphatic carbocycles. The van der Waals surface area contributed by atoms with Gasteiger partial charge in [-0.2, -0.15) is 0 Å². The maximum absolute atomic E-state index is 3.77. The summed E-state index contributed by atoms with van der Waals surface area (Å²) in [5.74, 6) is 0.386. The van der Waals surface area contributed by atoms with Crippen molar-refractivity contribution in [3.8, 4) is 0 Å². The lowest BCUT2D eigenvalue weighted by Gasteiger charge is -2.22. The van der Waals surface area contributed by atoms with E-state index in [-0.39, 0.29) is 0 Å². The van der Waals surface area contributed by atoms with E-state index in [4.69, 9.17) is 0 Å². The average Bonchev–Trinajstić information content (AvgIpc) is 2.41. The Balaban J connectivity index is 2.39. The molecule has 2 heteroatoms. The second kappa shape index (κ2) is 6.36. The van der Waals surface area contributed by atoms with Crippen LogP contribution >= 0.6 is 31.9 Å². The molecular weight excluding hydrogens is 340 g/mol. The molecule has 0 saturated heterocycles. The fourth-order valence-electron chi connectivity index (χ4n) is 2.02. The van der Waals surface area contributed by atoms with Crippen molar-refractivity contribution in [2.45, 2.75) is 10.7 Å². The molecule has 0 heterocycles. The Hall–Kier alpha value is -0.600. The smallest absolute Gasteiger partial charge is 0.0352 e. The van der Waals surface area contributed by atoms with Gasteiger partial charge in [-0.25, -0.2) is 0 Å². The van der Waals surface area contributed by atoms with Gasteiger partial charge in [0.15, 0.2) is 0 Å². The van der Waals surface area contributed by atoms with Crippen LogP contribution in [0.5, 0.6) is 0 Å². The molecule has 0 aromatic heterocycles. The molecule has 1 atom stereocenters. The Labute approximate surface area is 119 Å². The molecule has 88 valence electrons. The predicted octanol–water partition coefficient (Wildman–Crippen LogP) is 4.98. The van der Waals surface area contributed by atoms with Gasteiger partial charge in [0.25, 0.3) is 0 Å². The summed E-state index contributed by atoms with van der Waals surface area (Å²) < 4.78 is 0. The Morgan fingerprint density at radius 3 is 1.53 bits per heavy atom. The van der Waals surface area contributed by atoms with Crippen LogP contribution in [0.4, 0.5) is 0 Å². The van der Waals surface area contributed by atoms with Crippen LogP contribution in [0.3, 0.4) is 0 Å². The van der Waals surface area contributed by atoms with E-state index < -0.39 is 0 Å². The van der Waals surface area contributed by atoms with Crippen molar-refractivity contribution in [3.63, 3.8) is 0 Å². The first-order chi connectivity index (χ1) is 8.33. The Morgan fingerprint density at radius 1 is 0.765 bits per heavy atom. The zero-order chi connectivity index (χ0) is 12.1. The van der Waals surface area contributed by atoms with Gasteiger partial charge < -0.3 is 0 Å². The summed E-state index contributed by atoms with van der Waals surface area (Å²) in [6, 6.07) is 21.3. The van der Waals surface area contributed by atoms with Crippen LogP contribution in [-0.4, -0.2) is 10.2 Å². The van der Waals surface area contributed by atoms with E-state index in [1.807, 2.05) is 0 Å². The van der Waals surface area contributed by atoms with Crippen molar-refractivity contribution in [2.24, 2.45) is 0 Å². The second-order valence-corrected chi connectivity index (χ2v) is 5.79. The molecule has 0 radical (unpaired) electrons. The third-order valence-corrected chi connectivity index (χ3v) is 5.25. The summed E-state index contributed by atoms with van der Waals surface area (Å²) in [6.45, 7) is 0. The highest BCUT2D eigenvalue weighted by Crippen LogP contribution is 2.32. The molecule has 0 bridgehead atoms. The summed E-state index contributed by atoms with van der Waals surface area (Å²) >= 11 is 7.33. The lowest BCUT2D eigenvalue weighted by molar-refractivity contribution is 0.818. The number of rotatable bonds is 4. The maximum atomic E-state index is 3.77. The van der Waals surface area contributed by atoms with Gasteiger partial charge in [-0.15, -0.1) is 0 Å². The van der Waals surface area contributed by atoms with Gasteiger partial charge in [-0.05, 0) is 11.1 Å². The van der Waals surface area contributed by atoms with Crippen molar-refractivity contribution in [3.05, 3.63) is 71.8 Å². The van der Waals surface area contributed by atoms with Crippen LogP contribution in [0.2, 0.25) is 0 Å². The van der Waals surface area contributed by atoms with Crippen molar-refractivity contribution in [1.82, 2.24) is 0 Å². The van der Waals surface area contributed by atoms with Crippen LogP contribution in [0.1, 0.15) is 17.0 Å². The molecule has 0 nitrogen and oxygen atoms in total. The van der Waals surface area contributed by atoms with Crippen LogP contribution in [0.25, 0.3) is 0 Å². The summed E-state index contributed by atoms with van der Waals surface area (Å²) in [5.41, 5.74) is 2.69. The van der Waals surface area contributed by atoms with Crippen molar-refractivity contribution < 1.29 is 0 Å². The van der Waals surface area contributed by atoms with Gasteiger partial charge in [-0.3, -0.25) is 0 Å². The first-order valence-corrected chi connectivity index (χ1v) is 7.66. The number of hydrogen-bond acceptors (Lipinski definition) is 0. The van der Waals surface area contributed by atoms with E-state index in [2.05, 4.69) is 92.5 Å². The molecule has 2 aromatic carbocycles. The first kappa shape index (κ1) is 12.8. The summed E-state index contributed by atoms with van der Waals surface area (Å²) in [7, 11) is 0. The van der Waals surface area contributed by atoms with E-state index in [1.165, 1.54) is 11.1 Å². The molecule has 0 amide bonds. The van der Waals surface area contributed by atoms with Crippen molar-refractivity contribution in [2.75, 3.05) is 5.33 Å². The summed E-state index contributed by atoms with van der Waals surface area (Å²) in [5, 5.41) is 0.932. The molecular formula is C15H14Br2. The first-order valence-electron chi connectivity index (χ1n) is 5.63. The quantitative estimate of drug-likeness (QED) is 0.680. The van der Waals surface area contributed by atoms with Gasteiger partial charge in [0.2, 0.25) is 0 Å². The number of alkyl halides is 2. The van der Waals surface area contributed by atoms with Gasteiger partial charge >= 0.3 is 0 Å². The molecule has 2 rings (SSSR count). The van der Waals surface area contributed by atoms with E-state index in [0.29, 0.717) is 10.7 Å². The van der Waals surface area contributed by atoms with E-state index >= 15 is 0 Å². The third kappa shape index (κ3) is 3.20. The number of benzene rings is 2. The average molecular weight is 354 g/mol. The topological polar surface area (TPSA) is 0 Å². The number of halogens is 2. The third-order valence-electron chi connectivity index (χ3n) is 2.83. The lowest BCUT2D eigenvalue weighted by atomic mass is 9.89. The van der Waals surface area contributed by atoms with E-state index in [1.54, 1.807) is 0 Å². The molecule has 0 aliphatic heterocycles. The van der Waals surface area contributed by atoms with Gasteiger partial charge in [0, 0.05) is 16.1 Å². The largest absolute Gasteiger partial charge is 0.0916 e. The normalized spacial score (nSPS) is 12.6. The highest BCUT2D eigenvalue weighted by molar-refractivity contribution is 9.12. The molecule has 17 heavy (non-hydrogen) atoms. The highest BCUT2D eigenvalue weighted by Gasteiger charge is 2.21. The Morgan fingerprint density at radius 2 is 1.18 bits per heavy atom. The highest BCUT2D eigenvalue weighted by atomic mass is 79.9. The molecule has 1 unspecified atom stereocenters. The fourth-order valence-corrected chi connectivity index (χ4v) is 3.00. The molecule has 0 aliphatic rings. The minimum absolute atomic E-state index is 0.386. The van der Waals surface area contributed by atoms with Gasteiger partial charge in [0.05, 0.1) is 0 Å². The minimum atomic E-state index is 0.386. The number of hydrogen-bond donors (Lipinski definition) is 0. The molecule has 0 fully saturated rings. The van der Waals surface area contributed by atoms with Crippen LogP contribution in [0, 0.1) is 0 Å². The Bertz CT molecular complexity index is 399. The van der Waals surface area contributed by atoms with E-state index in [0.717, 1.165) is 5.33 Å². The SMILES string of the molecule is BrCC(Br)C(c1ccccc1)c1ccccc1. The predicted molar refractivity (Wildman–Crippen MR) is 81.2 cm³/mol. The standard InChI is InChI=1S/C15H14Br2/c16-11-14(17)15(12-7-3-1-4-8-12)13-9-5-2-6-10-13/h1-10,14-15H,11H2. The summed E-state index contributed by atoms with van der Waals surface area (Å²) in [4.78, 5) is 0.396. The second-order valence-electron chi connectivity index (χ2n) is 3.97. The van der Waals surface area contributed by atoms with Crippen LogP contribution in [0.15, 0.2) is 60.7 Å². The maximum Gasteiger partial charge on any atom is 0.0352 e. The molecule has 0 N–H and O–H groups in total. The van der Waals surface area contributed by atoms with Crippen molar-refractivity contribution in [1.29, 1.82) is 0 Å². The van der Waals surface area contributed by atoms with Crippen molar-refractivity contribution >= 4 is 31.9 Å². The molecule has 0 saturated carbocycles. The Kier molecular flexibility index (Phi) is 4.81. The zero-order valence-corrected chi connectivity index (χ0v) is 12.6.